The van der Waals surface area contributed by atoms with Crippen molar-refractivity contribution in [1.82, 2.24) is 19.5 Å². The maximum atomic E-state index is 12.3. The molecule has 0 radical (unpaired) electrons. The number of fused-ring (bicyclic) bond motifs is 4. The minimum atomic E-state index is 0.0759. The number of aromatic nitrogens is 4. The van der Waals surface area contributed by atoms with Crippen LogP contribution in [0.3, 0.4) is 0 Å². The summed E-state index contributed by atoms with van der Waals surface area (Å²) in [5, 5.41) is 3.85. The van der Waals surface area contributed by atoms with Crippen LogP contribution < -0.4 is 20.5 Å². The second kappa shape index (κ2) is 7.60. The Kier molecular flexibility index (Phi) is 4.78. The summed E-state index contributed by atoms with van der Waals surface area (Å²) >= 11 is 5.96. The molecule has 1 aromatic carbocycles. The van der Waals surface area contributed by atoms with Crippen molar-refractivity contribution in [1.29, 1.82) is 0 Å². The number of pyridine rings is 1. The predicted molar refractivity (Wildman–Crippen MR) is 115 cm³/mol. The fraction of sp³-hybridized carbons (Fsp3) is 0.333. The lowest BCUT2D eigenvalue weighted by Gasteiger charge is -2.42. The van der Waals surface area contributed by atoms with E-state index in [0.717, 1.165) is 37.4 Å². The number of rotatable bonds is 4. The van der Waals surface area contributed by atoms with Crippen molar-refractivity contribution in [3.05, 3.63) is 63.5 Å². The van der Waals surface area contributed by atoms with Gasteiger partial charge in [-0.2, -0.15) is 15.0 Å². The standard InChI is InChI=1S/C21H21ClN6O2/c1-30-21-25-19(23-16-7-5-15(22)6-8-16)24-20(26-21)27-10-13-9-14(12-27)17-3-2-4-18(29)28(17)11-13/h2-8,13-14H,9-12H2,1H3,(H,23,24,25,26)/t13-,14+/m1/s1. The predicted octanol–water partition coefficient (Wildman–Crippen LogP) is 3.06. The summed E-state index contributed by atoms with van der Waals surface area (Å²) in [5.41, 5.74) is 1.98. The Morgan fingerprint density at radius 1 is 1.07 bits per heavy atom. The van der Waals surface area contributed by atoms with E-state index >= 15 is 0 Å². The number of piperidine rings is 1. The number of nitrogens with one attached hydrogen (secondary N) is 1. The van der Waals surface area contributed by atoms with E-state index in [0.29, 0.717) is 22.8 Å². The molecule has 0 amide bonds. The maximum Gasteiger partial charge on any atom is 0.322 e. The first-order chi connectivity index (χ1) is 14.6. The highest BCUT2D eigenvalue weighted by Gasteiger charge is 2.35. The highest BCUT2D eigenvalue weighted by molar-refractivity contribution is 6.30. The Balaban J connectivity index is 1.44. The van der Waals surface area contributed by atoms with Gasteiger partial charge in [0.2, 0.25) is 11.9 Å². The van der Waals surface area contributed by atoms with Crippen molar-refractivity contribution >= 4 is 29.2 Å². The highest BCUT2D eigenvalue weighted by Crippen LogP contribution is 2.36. The number of ether oxygens (including phenoxy) is 1. The summed E-state index contributed by atoms with van der Waals surface area (Å²) in [7, 11) is 1.54. The quantitative estimate of drug-likeness (QED) is 0.688. The SMILES string of the molecule is COc1nc(Nc2ccc(Cl)cc2)nc(N2C[C@H]3C[C@@H](C2)c2cccc(=O)n2C3)n1. The molecule has 1 N–H and O–H groups in total. The van der Waals surface area contributed by atoms with Gasteiger partial charge in [0.15, 0.2) is 0 Å². The number of halogens is 1. The molecule has 30 heavy (non-hydrogen) atoms. The van der Waals surface area contributed by atoms with Crippen molar-refractivity contribution in [2.45, 2.75) is 18.9 Å². The molecule has 0 unspecified atom stereocenters. The zero-order valence-corrected chi connectivity index (χ0v) is 17.2. The molecule has 3 aromatic rings. The zero-order valence-electron chi connectivity index (χ0n) is 16.5. The molecule has 9 heteroatoms. The maximum absolute atomic E-state index is 12.3. The van der Waals surface area contributed by atoms with Crippen LogP contribution >= 0.6 is 11.6 Å². The summed E-state index contributed by atoms with van der Waals surface area (Å²) in [6.45, 7) is 2.25. The van der Waals surface area contributed by atoms with Gasteiger partial charge in [-0.05, 0) is 42.7 Å². The Labute approximate surface area is 178 Å². The molecular weight excluding hydrogens is 404 g/mol. The summed E-state index contributed by atoms with van der Waals surface area (Å²) < 4.78 is 7.23. The van der Waals surface area contributed by atoms with Gasteiger partial charge in [-0.3, -0.25) is 4.79 Å². The summed E-state index contributed by atoms with van der Waals surface area (Å²) in [6, 6.07) is 13.1. The summed E-state index contributed by atoms with van der Waals surface area (Å²) in [6.07, 6.45) is 1.07. The van der Waals surface area contributed by atoms with E-state index in [2.05, 4.69) is 25.2 Å². The van der Waals surface area contributed by atoms with Gasteiger partial charge < -0.3 is 19.5 Å². The normalized spacial score (nSPS) is 19.9. The number of hydrogen-bond acceptors (Lipinski definition) is 7. The van der Waals surface area contributed by atoms with Crippen LogP contribution in [-0.4, -0.2) is 39.7 Å². The van der Waals surface area contributed by atoms with Crippen molar-refractivity contribution < 1.29 is 4.74 Å². The molecular formula is C21H21ClN6O2. The highest BCUT2D eigenvalue weighted by atomic mass is 35.5. The number of methoxy groups -OCH3 is 1. The molecule has 1 saturated heterocycles. The molecule has 0 saturated carbocycles. The third-order valence-electron chi connectivity index (χ3n) is 5.65. The van der Waals surface area contributed by atoms with E-state index in [1.165, 1.54) is 0 Å². The number of anilines is 3. The molecule has 2 aromatic heterocycles. The fourth-order valence-corrected chi connectivity index (χ4v) is 4.48. The minimum absolute atomic E-state index is 0.0759. The molecule has 154 valence electrons. The second-order valence-corrected chi connectivity index (χ2v) is 8.12. The first-order valence-electron chi connectivity index (χ1n) is 9.86. The van der Waals surface area contributed by atoms with E-state index in [9.17, 15) is 4.79 Å². The minimum Gasteiger partial charge on any atom is -0.467 e. The number of hydrogen-bond donors (Lipinski definition) is 1. The van der Waals surface area contributed by atoms with Crippen molar-refractivity contribution in [3.63, 3.8) is 0 Å². The molecule has 2 atom stereocenters. The number of nitrogens with zero attached hydrogens (tertiary/aromatic N) is 5. The average molecular weight is 425 g/mol. The first-order valence-corrected chi connectivity index (χ1v) is 10.2. The van der Waals surface area contributed by atoms with Crippen molar-refractivity contribution in [3.8, 4) is 6.01 Å². The van der Waals surface area contributed by atoms with Crippen LogP contribution in [0.25, 0.3) is 0 Å². The lowest BCUT2D eigenvalue weighted by atomic mass is 9.83. The van der Waals surface area contributed by atoms with Crippen LogP contribution in [0, 0.1) is 5.92 Å². The van der Waals surface area contributed by atoms with Gasteiger partial charge in [0, 0.05) is 48.0 Å². The average Bonchev–Trinajstić information content (AvgIpc) is 2.76. The summed E-state index contributed by atoms with van der Waals surface area (Å²) in [4.78, 5) is 27.9. The van der Waals surface area contributed by atoms with Crippen LogP contribution in [-0.2, 0) is 6.54 Å². The van der Waals surface area contributed by atoms with Crippen LogP contribution in [0.2, 0.25) is 5.02 Å². The largest absolute Gasteiger partial charge is 0.467 e. The molecule has 0 spiro atoms. The van der Waals surface area contributed by atoms with E-state index < -0.39 is 0 Å². The Hall–Kier alpha value is -3.13. The van der Waals surface area contributed by atoms with Crippen LogP contribution in [0.1, 0.15) is 18.0 Å². The van der Waals surface area contributed by atoms with E-state index in [1.54, 1.807) is 25.3 Å². The van der Waals surface area contributed by atoms with E-state index in [-0.39, 0.29) is 17.5 Å². The smallest absolute Gasteiger partial charge is 0.322 e. The van der Waals surface area contributed by atoms with Gasteiger partial charge in [0.25, 0.3) is 5.56 Å². The van der Waals surface area contributed by atoms with Gasteiger partial charge in [-0.1, -0.05) is 17.7 Å². The van der Waals surface area contributed by atoms with Crippen molar-refractivity contribution in [2.24, 2.45) is 5.92 Å². The molecule has 2 bridgehead atoms. The Bertz CT molecular complexity index is 1130. The van der Waals surface area contributed by atoms with Crippen molar-refractivity contribution in [2.75, 3.05) is 30.4 Å². The Morgan fingerprint density at radius 2 is 1.90 bits per heavy atom. The molecule has 1 fully saturated rings. The molecule has 4 heterocycles. The van der Waals surface area contributed by atoms with Gasteiger partial charge in [0.05, 0.1) is 7.11 Å². The number of benzene rings is 1. The lowest BCUT2D eigenvalue weighted by molar-refractivity contribution is 0.279. The molecule has 8 nitrogen and oxygen atoms in total. The molecule has 2 aliphatic heterocycles. The van der Waals surface area contributed by atoms with Gasteiger partial charge in [-0.25, -0.2) is 0 Å². The van der Waals surface area contributed by atoms with E-state index in [1.807, 2.05) is 28.8 Å². The summed E-state index contributed by atoms with van der Waals surface area (Å²) in [5.74, 6) is 1.61. The monoisotopic (exact) mass is 424 g/mol. The van der Waals surface area contributed by atoms with Gasteiger partial charge >= 0.3 is 6.01 Å². The van der Waals surface area contributed by atoms with Crippen LogP contribution in [0.15, 0.2) is 47.3 Å². The first kappa shape index (κ1) is 18.9. The van der Waals surface area contributed by atoms with Crippen LogP contribution in [0.5, 0.6) is 6.01 Å². The van der Waals surface area contributed by atoms with E-state index in [4.69, 9.17) is 16.3 Å². The third-order valence-corrected chi connectivity index (χ3v) is 5.90. The fourth-order valence-electron chi connectivity index (χ4n) is 4.36. The second-order valence-electron chi connectivity index (χ2n) is 7.68. The topological polar surface area (TPSA) is 85.2 Å². The molecule has 2 aliphatic rings. The molecule has 0 aliphatic carbocycles. The third kappa shape index (κ3) is 3.59. The van der Waals surface area contributed by atoms with Crippen LogP contribution in [0.4, 0.5) is 17.6 Å². The van der Waals surface area contributed by atoms with Gasteiger partial charge in [-0.15, -0.1) is 0 Å². The zero-order chi connectivity index (χ0) is 20.7. The van der Waals surface area contributed by atoms with Gasteiger partial charge in [0.1, 0.15) is 0 Å². The molecule has 5 rings (SSSR count). The lowest BCUT2D eigenvalue weighted by Crippen LogP contribution is -2.47. The Morgan fingerprint density at radius 3 is 2.70 bits per heavy atom.